The number of nitrogens with zero attached hydrogens (tertiary/aromatic N) is 2. The molecule has 1 N–H and O–H groups in total. The normalized spacial score (nSPS) is 12.4. The molecule has 0 saturated heterocycles. The Morgan fingerprint density at radius 1 is 1.38 bits per heavy atom. The van der Waals surface area contributed by atoms with Crippen molar-refractivity contribution in [1.82, 2.24) is 9.55 Å². The molecule has 6 nitrogen and oxygen atoms in total. The van der Waals surface area contributed by atoms with Gasteiger partial charge >= 0.3 is 11.7 Å². The van der Waals surface area contributed by atoms with Gasteiger partial charge in [0.25, 0.3) is 0 Å². The molecule has 1 aromatic heterocycles. The van der Waals surface area contributed by atoms with Crippen molar-refractivity contribution >= 4 is 5.97 Å². The van der Waals surface area contributed by atoms with Crippen molar-refractivity contribution in [2.24, 2.45) is 5.92 Å². The number of aryl methyl sites for hydroxylation is 1. The van der Waals surface area contributed by atoms with E-state index < -0.39 is 5.97 Å². The summed E-state index contributed by atoms with van der Waals surface area (Å²) in [6.07, 6.45) is 1.06. The van der Waals surface area contributed by atoms with E-state index in [1.54, 1.807) is 11.7 Å². The molecular formula is C15H24N2O4. The third-order valence-electron chi connectivity index (χ3n) is 3.43. The Morgan fingerprint density at radius 2 is 2.05 bits per heavy atom. The summed E-state index contributed by atoms with van der Waals surface area (Å²) in [5, 5.41) is 9.10. The third-order valence-corrected chi connectivity index (χ3v) is 3.43. The molecule has 118 valence electrons. The van der Waals surface area contributed by atoms with E-state index in [-0.39, 0.29) is 18.0 Å². The van der Waals surface area contributed by atoms with Crippen LogP contribution in [0.5, 0.6) is 0 Å². The fourth-order valence-electron chi connectivity index (χ4n) is 2.58. The van der Waals surface area contributed by atoms with Crippen LogP contribution in [-0.4, -0.2) is 34.3 Å². The summed E-state index contributed by atoms with van der Waals surface area (Å²) in [6, 6.07) is 0. The van der Waals surface area contributed by atoms with E-state index in [1.165, 1.54) is 0 Å². The van der Waals surface area contributed by atoms with Gasteiger partial charge in [-0.1, -0.05) is 20.8 Å². The number of hydrogen-bond acceptors (Lipinski definition) is 4. The SMILES string of the molecule is CCc1nc(=O)n(CC(C)COC)c(CC)c1CC(=O)O. The van der Waals surface area contributed by atoms with Gasteiger partial charge < -0.3 is 9.84 Å². The lowest BCUT2D eigenvalue weighted by molar-refractivity contribution is -0.136. The van der Waals surface area contributed by atoms with Crippen LogP contribution in [0.2, 0.25) is 0 Å². The third kappa shape index (κ3) is 4.39. The molecule has 0 aliphatic heterocycles. The predicted octanol–water partition coefficient (Wildman–Crippen LogP) is 1.28. The van der Waals surface area contributed by atoms with E-state index in [2.05, 4.69) is 4.98 Å². The van der Waals surface area contributed by atoms with Gasteiger partial charge in [-0.05, 0) is 18.8 Å². The second-order valence-electron chi connectivity index (χ2n) is 5.22. The molecule has 0 aliphatic rings. The van der Waals surface area contributed by atoms with Gasteiger partial charge in [0.05, 0.1) is 18.7 Å². The van der Waals surface area contributed by atoms with E-state index >= 15 is 0 Å². The molecule has 1 heterocycles. The first kappa shape index (κ1) is 17.4. The van der Waals surface area contributed by atoms with Gasteiger partial charge in [-0.15, -0.1) is 0 Å². The molecule has 1 unspecified atom stereocenters. The monoisotopic (exact) mass is 296 g/mol. The van der Waals surface area contributed by atoms with Gasteiger partial charge in [0.1, 0.15) is 0 Å². The molecule has 21 heavy (non-hydrogen) atoms. The van der Waals surface area contributed by atoms with Crippen molar-refractivity contribution in [1.29, 1.82) is 0 Å². The van der Waals surface area contributed by atoms with E-state index in [0.717, 1.165) is 5.69 Å². The number of ether oxygens (including phenoxy) is 1. The first-order valence-electron chi connectivity index (χ1n) is 7.26. The Morgan fingerprint density at radius 3 is 2.52 bits per heavy atom. The Bertz CT molecular complexity index is 551. The Labute approximate surface area is 124 Å². The minimum Gasteiger partial charge on any atom is -0.481 e. The summed E-state index contributed by atoms with van der Waals surface area (Å²) in [5.41, 5.74) is 1.74. The van der Waals surface area contributed by atoms with Crippen LogP contribution < -0.4 is 5.69 Å². The average molecular weight is 296 g/mol. The zero-order valence-corrected chi connectivity index (χ0v) is 13.2. The highest BCUT2D eigenvalue weighted by molar-refractivity contribution is 5.71. The maximum atomic E-state index is 12.2. The molecule has 0 bridgehead atoms. The molecule has 6 heteroatoms. The van der Waals surface area contributed by atoms with Crippen molar-refractivity contribution in [2.45, 2.75) is 46.6 Å². The Hall–Kier alpha value is -1.69. The van der Waals surface area contributed by atoms with Crippen LogP contribution >= 0.6 is 0 Å². The van der Waals surface area contributed by atoms with E-state index in [4.69, 9.17) is 9.84 Å². The number of carboxylic acids is 1. The molecule has 0 aliphatic carbocycles. The number of carboxylic acid groups (broad SMARTS) is 1. The lowest BCUT2D eigenvalue weighted by Gasteiger charge is -2.20. The molecule has 0 radical (unpaired) electrons. The lowest BCUT2D eigenvalue weighted by Crippen LogP contribution is -2.32. The van der Waals surface area contributed by atoms with E-state index in [0.29, 0.717) is 37.3 Å². The van der Waals surface area contributed by atoms with Crippen LogP contribution in [0, 0.1) is 5.92 Å². The van der Waals surface area contributed by atoms with Crippen LogP contribution in [-0.2, 0) is 35.3 Å². The van der Waals surface area contributed by atoms with Gasteiger partial charge in [-0.2, -0.15) is 4.98 Å². The van der Waals surface area contributed by atoms with Crippen molar-refractivity contribution < 1.29 is 14.6 Å². The molecule has 0 spiro atoms. The summed E-state index contributed by atoms with van der Waals surface area (Å²) in [7, 11) is 1.62. The van der Waals surface area contributed by atoms with Gasteiger partial charge in [-0.25, -0.2) is 4.79 Å². The number of hydrogen-bond donors (Lipinski definition) is 1. The summed E-state index contributed by atoms with van der Waals surface area (Å²) in [6.45, 7) is 6.82. The highest BCUT2D eigenvalue weighted by atomic mass is 16.5. The first-order valence-corrected chi connectivity index (χ1v) is 7.26. The van der Waals surface area contributed by atoms with Gasteiger partial charge in [0, 0.05) is 24.9 Å². The van der Waals surface area contributed by atoms with Crippen LogP contribution in [0.3, 0.4) is 0 Å². The fourth-order valence-corrected chi connectivity index (χ4v) is 2.58. The average Bonchev–Trinajstić information content (AvgIpc) is 2.42. The second kappa shape index (κ2) is 7.93. The quantitative estimate of drug-likeness (QED) is 0.781. The minimum atomic E-state index is -0.906. The largest absolute Gasteiger partial charge is 0.481 e. The Kier molecular flexibility index (Phi) is 6.55. The first-order chi connectivity index (χ1) is 9.94. The molecule has 0 aromatic carbocycles. The van der Waals surface area contributed by atoms with Gasteiger partial charge in [0.2, 0.25) is 0 Å². The van der Waals surface area contributed by atoms with Crippen molar-refractivity contribution in [3.8, 4) is 0 Å². The van der Waals surface area contributed by atoms with Gasteiger partial charge in [0.15, 0.2) is 0 Å². The number of aliphatic carboxylic acids is 1. The summed E-state index contributed by atoms with van der Waals surface area (Å²) in [5.74, 6) is -0.749. The predicted molar refractivity (Wildman–Crippen MR) is 79.6 cm³/mol. The zero-order valence-electron chi connectivity index (χ0n) is 13.2. The highest BCUT2D eigenvalue weighted by Crippen LogP contribution is 2.15. The minimum absolute atomic E-state index is 0.0989. The molecule has 1 atom stereocenters. The summed E-state index contributed by atoms with van der Waals surface area (Å²) >= 11 is 0. The highest BCUT2D eigenvalue weighted by Gasteiger charge is 2.18. The van der Waals surface area contributed by atoms with E-state index in [9.17, 15) is 9.59 Å². The molecule has 0 amide bonds. The maximum Gasteiger partial charge on any atom is 0.348 e. The van der Waals surface area contributed by atoms with Crippen LogP contribution in [0.15, 0.2) is 4.79 Å². The lowest BCUT2D eigenvalue weighted by atomic mass is 10.0. The van der Waals surface area contributed by atoms with Crippen LogP contribution in [0.1, 0.15) is 37.7 Å². The van der Waals surface area contributed by atoms with Crippen molar-refractivity contribution in [2.75, 3.05) is 13.7 Å². The molecular weight excluding hydrogens is 272 g/mol. The standard InChI is InChI=1S/C15H24N2O4/c1-5-12-11(7-14(18)19)13(6-2)17(15(20)16-12)8-10(3)9-21-4/h10H,5-9H2,1-4H3,(H,18,19). The van der Waals surface area contributed by atoms with Crippen molar-refractivity contribution in [3.63, 3.8) is 0 Å². The molecule has 0 fully saturated rings. The number of rotatable bonds is 8. The topological polar surface area (TPSA) is 81.4 Å². The van der Waals surface area contributed by atoms with E-state index in [1.807, 2.05) is 20.8 Å². The molecule has 0 saturated carbocycles. The number of carbonyl (C=O) groups is 1. The maximum absolute atomic E-state index is 12.2. The fraction of sp³-hybridized carbons (Fsp3) is 0.667. The summed E-state index contributed by atoms with van der Waals surface area (Å²) < 4.78 is 6.70. The zero-order chi connectivity index (χ0) is 16.0. The van der Waals surface area contributed by atoms with Crippen LogP contribution in [0.25, 0.3) is 0 Å². The number of aromatic nitrogens is 2. The van der Waals surface area contributed by atoms with Gasteiger partial charge in [-0.3, -0.25) is 9.36 Å². The van der Waals surface area contributed by atoms with Crippen molar-refractivity contribution in [3.05, 3.63) is 27.4 Å². The Balaban J connectivity index is 3.35. The second-order valence-corrected chi connectivity index (χ2v) is 5.22. The smallest absolute Gasteiger partial charge is 0.348 e. The molecule has 1 rings (SSSR count). The summed E-state index contributed by atoms with van der Waals surface area (Å²) in [4.78, 5) is 27.4. The van der Waals surface area contributed by atoms with Crippen LogP contribution in [0.4, 0.5) is 0 Å². The molecule has 1 aromatic rings. The number of methoxy groups -OCH3 is 1.